The summed E-state index contributed by atoms with van der Waals surface area (Å²) >= 11 is 0. The summed E-state index contributed by atoms with van der Waals surface area (Å²) in [6.45, 7) is 11.5. The highest BCUT2D eigenvalue weighted by molar-refractivity contribution is 7.81. The standard InChI is InChI=1S/C12H24O5S.H3N/c1-7-12(8-2,17-18(13,14)15-6)11(5)16-9-10(3)4;/h11H,3,7-9H2,1-2,4-6H3;1H3. The molecule has 0 aliphatic rings. The molecule has 0 bridgehead atoms. The monoisotopic (exact) mass is 297 g/mol. The molecule has 1 unspecified atom stereocenters. The Hall–Kier alpha value is -0.470. The van der Waals surface area contributed by atoms with Crippen molar-refractivity contribution in [3.05, 3.63) is 12.2 Å². The van der Waals surface area contributed by atoms with Crippen molar-refractivity contribution < 1.29 is 21.5 Å². The molecule has 0 spiro atoms. The molecule has 0 heterocycles. The molecule has 0 saturated carbocycles. The Balaban J connectivity index is 0. The van der Waals surface area contributed by atoms with Crippen LogP contribution in [0.1, 0.15) is 40.5 Å². The minimum atomic E-state index is -3.99. The molecule has 0 radical (unpaired) electrons. The van der Waals surface area contributed by atoms with Gasteiger partial charge in [-0.2, -0.15) is 8.42 Å². The molecule has 6 nitrogen and oxygen atoms in total. The molecule has 0 aromatic rings. The van der Waals surface area contributed by atoms with Crippen LogP contribution >= 0.6 is 0 Å². The molecule has 0 aromatic heterocycles. The van der Waals surface area contributed by atoms with Crippen molar-refractivity contribution in [2.75, 3.05) is 13.7 Å². The van der Waals surface area contributed by atoms with Gasteiger partial charge in [-0.1, -0.05) is 26.0 Å². The average molecular weight is 297 g/mol. The molecule has 0 amide bonds. The second kappa shape index (κ2) is 8.65. The normalized spacial score (nSPS) is 13.7. The molecular weight excluding hydrogens is 270 g/mol. The van der Waals surface area contributed by atoms with Gasteiger partial charge in [-0.15, -0.1) is 0 Å². The van der Waals surface area contributed by atoms with Crippen LogP contribution in [0.25, 0.3) is 0 Å². The van der Waals surface area contributed by atoms with E-state index in [9.17, 15) is 8.42 Å². The Labute approximate surface area is 117 Å². The second-order valence-corrected chi connectivity index (χ2v) is 5.66. The molecule has 0 fully saturated rings. The summed E-state index contributed by atoms with van der Waals surface area (Å²) in [5.41, 5.74) is -0.0397. The van der Waals surface area contributed by atoms with E-state index >= 15 is 0 Å². The molecule has 116 valence electrons. The predicted molar refractivity (Wildman–Crippen MR) is 75.6 cm³/mol. The summed E-state index contributed by atoms with van der Waals surface area (Å²) in [5, 5.41) is 0. The molecule has 0 rings (SSSR count). The van der Waals surface area contributed by atoms with Crippen molar-refractivity contribution in [1.82, 2.24) is 6.15 Å². The Morgan fingerprint density at radius 1 is 1.32 bits per heavy atom. The maximum absolute atomic E-state index is 11.5. The van der Waals surface area contributed by atoms with E-state index in [1.165, 1.54) is 0 Å². The zero-order chi connectivity index (χ0) is 14.4. The van der Waals surface area contributed by atoms with Gasteiger partial charge in [0.25, 0.3) is 0 Å². The minimum absolute atomic E-state index is 0. The van der Waals surface area contributed by atoms with E-state index in [2.05, 4.69) is 10.8 Å². The molecule has 0 aliphatic heterocycles. The Morgan fingerprint density at radius 3 is 2.11 bits per heavy atom. The second-order valence-electron chi connectivity index (χ2n) is 4.34. The van der Waals surface area contributed by atoms with Crippen molar-refractivity contribution in [3.8, 4) is 0 Å². The highest BCUT2D eigenvalue weighted by Crippen LogP contribution is 2.29. The molecule has 19 heavy (non-hydrogen) atoms. The van der Waals surface area contributed by atoms with Gasteiger partial charge in [0.1, 0.15) is 5.60 Å². The third kappa shape index (κ3) is 6.49. The highest BCUT2D eigenvalue weighted by Gasteiger charge is 2.39. The summed E-state index contributed by atoms with van der Waals surface area (Å²) in [7, 11) is -2.91. The van der Waals surface area contributed by atoms with Gasteiger partial charge in [-0.3, -0.25) is 4.18 Å². The van der Waals surface area contributed by atoms with E-state index in [0.29, 0.717) is 19.4 Å². The van der Waals surface area contributed by atoms with Crippen molar-refractivity contribution in [1.29, 1.82) is 0 Å². The number of ether oxygens (including phenoxy) is 1. The number of hydrogen-bond acceptors (Lipinski definition) is 6. The first-order chi connectivity index (χ1) is 8.23. The van der Waals surface area contributed by atoms with E-state index < -0.39 is 16.0 Å². The quantitative estimate of drug-likeness (QED) is 0.657. The maximum Gasteiger partial charge on any atom is 0.400 e. The lowest BCUT2D eigenvalue weighted by Gasteiger charge is -2.35. The van der Waals surface area contributed by atoms with Gasteiger partial charge in [-0.25, -0.2) is 4.18 Å². The van der Waals surface area contributed by atoms with Crippen molar-refractivity contribution in [2.45, 2.75) is 52.2 Å². The largest absolute Gasteiger partial charge is 0.400 e. The van der Waals surface area contributed by atoms with E-state index in [1.54, 1.807) is 6.92 Å². The molecule has 3 N–H and O–H groups in total. The predicted octanol–water partition coefficient (Wildman–Crippen LogP) is 2.60. The van der Waals surface area contributed by atoms with E-state index in [0.717, 1.165) is 12.7 Å². The third-order valence-electron chi connectivity index (χ3n) is 2.99. The highest BCUT2D eigenvalue weighted by atomic mass is 32.3. The summed E-state index contributed by atoms with van der Waals surface area (Å²) in [6.07, 6.45) is 0.626. The summed E-state index contributed by atoms with van der Waals surface area (Å²) in [4.78, 5) is 0. The van der Waals surface area contributed by atoms with Crippen molar-refractivity contribution in [2.24, 2.45) is 0 Å². The average Bonchev–Trinajstić information content (AvgIpc) is 2.33. The Bertz CT molecular complexity index is 362. The topological polar surface area (TPSA) is 96.8 Å². The van der Waals surface area contributed by atoms with Crippen LogP contribution in [0, 0.1) is 0 Å². The van der Waals surface area contributed by atoms with E-state index in [1.807, 2.05) is 20.8 Å². The fraction of sp³-hybridized carbons (Fsp3) is 0.833. The minimum Gasteiger partial charge on any atom is -0.371 e. The third-order valence-corrected chi connectivity index (χ3v) is 3.93. The van der Waals surface area contributed by atoms with Crippen LogP contribution in [-0.4, -0.2) is 33.8 Å². The van der Waals surface area contributed by atoms with Gasteiger partial charge in [-0.05, 0) is 26.7 Å². The number of rotatable bonds is 9. The first-order valence-electron chi connectivity index (χ1n) is 6.00. The van der Waals surface area contributed by atoms with Crippen LogP contribution in [0.5, 0.6) is 0 Å². The molecule has 0 aliphatic carbocycles. The van der Waals surface area contributed by atoms with E-state index in [4.69, 9.17) is 8.92 Å². The van der Waals surface area contributed by atoms with Gasteiger partial charge in [0.15, 0.2) is 0 Å². The summed E-state index contributed by atoms with van der Waals surface area (Å²) < 4.78 is 38.0. The number of hydrogen-bond donors (Lipinski definition) is 1. The van der Waals surface area contributed by atoms with Gasteiger partial charge < -0.3 is 10.9 Å². The Kier molecular flexibility index (Phi) is 9.49. The van der Waals surface area contributed by atoms with E-state index in [-0.39, 0.29) is 12.3 Å². The zero-order valence-corrected chi connectivity index (χ0v) is 13.4. The lowest BCUT2D eigenvalue weighted by molar-refractivity contribution is -0.0843. The Morgan fingerprint density at radius 2 is 1.79 bits per heavy atom. The van der Waals surface area contributed by atoms with Gasteiger partial charge in [0.05, 0.1) is 19.8 Å². The van der Waals surface area contributed by atoms with Crippen LogP contribution in [0.4, 0.5) is 0 Å². The van der Waals surface area contributed by atoms with Gasteiger partial charge >= 0.3 is 10.4 Å². The van der Waals surface area contributed by atoms with Crippen LogP contribution in [-0.2, 0) is 23.5 Å². The fourth-order valence-electron chi connectivity index (χ4n) is 1.67. The van der Waals surface area contributed by atoms with Crippen molar-refractivity contribution in [3.63, 3.8) is 0 Å². The van der Waals surface area contributed by atoms with Crippen molar-refractivity contribution >= 4 is 10.4 Å². The van der Waals surface area contributed by atoms with Crippen LogP contribution in [0.2, 0.25) is 0 Å². The molecule has 1 atom stereocenters. The van der Waals surface area contributed by atoms with Gasteiger partial charge in [0.2, 0.25) is 0 Å². The maximum atomic E-state index is 11.5. The van der Waals surface area contributed by atoms with Crippen LogP contribution in [0.15, 0.2) is 12.2 Å². The smallest absolute Gasteiger partial charge is 0.371 e. The SMILES string of the molecule is C=C(C)COC(C)C(CC)(CC)OS(=O)(=O)OC.N. The van der Waals surface area contributed by atoms with Crippen LogP contribution in [0.3, 0.4) is 0 Å². The first kappa shape index (κ1) is 20.8. The molecule has 7 heteroatoms. The van der Waals surface area contributed by atoms with Gasteiger partial charge in [0, 0.05) is 0 Å². The molecule has 0 saturated heterocycles. The summed E-state index contributed by atoms with van der Waals surface area (Å²) in [5.74, 6) is 0. The summed E-state index contributed by atoms with van der Waals surface area (Å²) in [6, 6.07) is 0. The lowest BCUT2D eigenvalue weighted by atomic mass is 9.91. The molecule has 0 aromatic carbocycles. The lowest BCUT2D eigenvalue weighted by Crippen LogP contribution is -2.45. The fourth-order valence-corrected chi connectivity index (χ4v) is 2.51. The molecular formula is C12H27NO5S. The first-order valence-corrected chi connectivity index (χ1v) is 7.33. The zero-order valence-electron chi connectivity index (χ0n) is 12.6. The van der Waals surface area contributed by atoms with Crippen LogP contribution < -0.4 is 6.15 Å².